The number of rotatable bonds is 7. The molecule has 1 aliphatic rings. The van der Waals surface area contributed by atoms with Gasteiger partial charge in [-0.05, 0) is 97.4 Å². The molecule has 1 aliphatic carbocycles. The summed E-state index contributed by atoms with van der Waals surface area (Å²) >= 11 is 1.88. The minimum Gasteiger partial charge on any atom is -0.310 e. The summed E-state index contributed by atoms with van der Waals surface area (Å²) in [5, 5.41) is 5.08. The van der Waals surface area contributed by atoms with Gasteiger partial charge in [0.15, 0.2) is 0 Å². The van der Waals surface area contributed by atoms with Gasteiger partial charge < -0.3 is 4.90 Å². The van der Waals surface area contributed by atoms with E-state index in [0.29, 0.717) is 0 Å². The Labute approximate surface area is 360 Å². The molecule has 12 rings (SSSR count). The summed E-state index contributed by atoms with van der Waals surface area (Å²) in [5.41, 5.74) is 15.5. The summed E-state index contributed by atoms with van der Waals surface area (Å²) in [6.07, 6.45) is 0. The van der Waals surface area contributed by atoms with E-state index in [2.05, 4.69) is 241 Å². The van der Waals surface area contributed by atoms with Crippen LogP contribution in [-0.2, 0) is 5.41 Å². The van der Waals surface area contributed by atoms with Gasteiger partial charge in [0.25, 0.3) is 0 Å². The zero-order valence-corrected chi connectivity index (χ0v) is 34.2. The maximum Gasteiger partial charge on any atom is 0.0714 e. The Hall–Kier alpha value is -7.52. The van der Waals surface area contributed by atoms with Gasteiger partial charge >= 0.3 is 0 Å². The van der Waals surface area contributed by atoms with Gasteiger partial charge in [0, 0.05) is 36.9 Å². The maximum absolute atomic E-state index is 2.46. The van der Waals surface area contributed by atoms with E-state index in [1.54, 1.807) is 0 Å². The van der Waals surface area contributed by atoms with Crippen LogP contribution in [0.4, 0.5) is 17.1 Å². The molecule has 0 N–H and O–H groups in total. The van der Waals surface area contributed by atoms with Gasteiger partial charge in [0.05, 0.1) is 11.1 Å². The largest absolute Gasteiger partial charge is 0.310 e. The van der Waals surface area contributed by atoms with Crippen LogP contribution in [0.2, 0.25) is 0 Å². The lowest BCUT2D eigenvalue weighted by Crippen LogP contribution is -2.28. The summed E-state index contributed by atoms with van der Waals surface area (Å²) in [6, 6.07) is 87.2. The molecule has 0 amide bonds. The first-order valence-electron chi connectivity index (χ1n) is 21.0. The van der Waals surface area contributed by atoms with Crippen LogP contribution in [-0.4, -0.2) is 0 Å². The van der Waals surface area contributed by atoms with Gasteiger partial charge in [0.2, 0.25) is 0 Å². The summed E-state index contributed by atoms with van der Waals surface area (Å²) in [5.74, 6) is 0. The first-order chi connectivity index (χ1) is 30.3. The minimum atomic E-state index is -0.493. The Kier molecular flexibility index (Phi) is 8.33. The molecular formula is C59H39NS. The number of anilines is 3. The van der Waals surface area contributed by atoms with Crippen molar-refractivity contribution in [2.24, 2.45) is 0 Å². The first-order valence-corrected chi connectivity index (χ1v) is 21.8. The average molecular weight is 794 g/mol. The summed E-state index contributed by atoms with van der Waals surface area (Å²) in [4.78, 5) is 2.45. The van der Waals surface area contributed by atoms with Crippen molar-refractivity contribution in [2.75, 3.05) is 4.90 Å². The molecule has 0 unspecified atom stereocenters. The molecule has 1 heterocycles. The third-order valence-corrected chi connectivity index (χ3v) is 14.0. The first kappa shape index (κ1) is 35.4. The molecular weight excluding hydrogens is 755 g/mol. The van der Waals surface area contributed by atoms with Crippen molar-refractivity contribution >= 4 is 59.3 Å². The lowest BCUT2D eigenvalue weighted by atomic mass is 9.67. The number of benzene rings is 10. The van der Waals surface area contributed by atoms with E-state index in [0.717, 1.165) is 17.1 Å². The van der Waals surface area contributed by atoms with E-state index in [9.17, 15) is 0 Å². The topological polar surface area (TPSA) is 3.24 Å². The molecule has 10 aromatic carbocycles. The number of hydrogen-bond donors (Lipinski definition) is 0. The van der Waals surface area contributed by atoms with Crippen LogP contribution in [0.15, 0.2) is 237 Å². The third kappa shape index (κ3) is 5.60. The van der Waals surface area contributed by atoms with Crippen molar-refractivity contribution in [1.29, 1.82) is 0 Å². The van der Waals surface area contributed by atoms with Crippen molar-refractivity contribution < 1.29 is 0 Å². The van der Waals surface area contributed by atoms with Crippen molar-refractivity contribution in [1.82, 2.24) is 0 Å². The quantitative estimate of drug-likeness (QED) is 0.155. The number of nitrogens with zero attached hydrogens (tertiary/aromatic N) is 1. The zero-order chi connectivity index (χ0) is 40.3. The fourth-order valence-electron chi connectivity index (χ4n) is 10.0. The van der Waals surface area contributed by atoms with Crippen LogP contribution in [0, 0.1) is 0 Å². The van der Waals surface area contributed by atoms with E-state index >= 15 is 0 Å². The van der Waals surface area contributed by atoms with Gasteiger partial charge in [-0.1, -0.05) is 200 Å². The smallest absolute Gasteiger partial charge is 0.0714 e. The monoisotopic (exact) mass is 793 g/mol. The van der Waals surface area contributed by atoms with Crippen LogP contribution in [0.1, 0.15) is 22.3 Å². The molecule has 61 heavy (non-hydrogen) atoms. The summed E-state index contributed by atoms with van der Waals surface area (Å²) in [7, 11) is 0. The van der Waals surface area contributed by atoms with Crippen molar-refractivity contribution in [3.05, 3.63) is 259 Å². The second kappa shape index (κ2) is 14.3. The van der Waals surface area contributed by atoms with E-state index < -0.39 is 5.41 Å². The number of fused-ring (bicyclic) bond motifs is 7. The Morgan fingerprint density at radius 3 is 1.66 bits per heavy atom. The average Bonchev–Trinajstić information content (AvgIpc) is 3.87. The normalized spacial score (nSPS) is 12.7. The molecule has 2 heteroatoms. The van der Waals surface area contributed by atoms with Gasteiger partial charge in [-0.15, -0.1) is 11.3 Å². The van der Waals surface area contributed by atoms with Crippen LogP contribution in [0.25, 0.3) is 64.3 Å². The molecule has 0 radical (unpaired) electrons. The highest BCUT2D eigenvalue weighted by molar-refractivity contribution is 7.26. The third-order valence-electron chi connectivity index (χ3n) is 12.8. The molecule has 0 bridgehead atoms. The highest BCUT2D eigenvalue weighted by Gasteiger charge is 2.46. The molecule has 0 saturated carbocycles. The van der Waals surface area contributed by atoms with Gasteiger partial charge in [-0.2, -0.15) is 0 Å². The fraction of sp³-hybridized carbons (Fsp3) is 0.0169. The Bertz CT molecular complexity index is 3360. The van der Waals surface area contributed by atoms with Gasteiger partial charge in [-0.3, -0.25) is 0 Å². The molecule has 0 aliphatic heterocycles. The van der Waals surface area contributed by atoms with E-state index in [1.165, 1.54) is 86.6 Å². The van der Waals surface area contributed by atoms with Gasteiger partial charge in [-0.25, -0.2) is 0 Å². The Balaban J connectivity index is 0.991. The van der Waals surface area contributed by atoms with Crippen LogP contribution in [0.3, 0.4) is 0 Å². The predicted octanol–water partition coefficient (Wildman–Crippen LogP) is 16.4. The summed E-state index contributed by atoms with van der Waals surface area (Å²) in [6.45, 7) is 0. The minimum absolute atomic E-state index is 0.493. The lowest BCUT2D eigenvalue weighted by molar-refractivity contribution is 0.768. The Morgan fingerprint density at radius 1 is 0.344 bits per heavy atom. The van der Waals surface area contributed by atoms with Gasteiger partial charge in [0.1, 0.15) is 0 Å². The summed E-state index contributed by atoms with van der Waals surface area (Å²) < 4.78 is 2.67. The Morgan fingerprint density at radius 2 is 0.885 bits per heavy atom. The molecule has 0 fully saturated rings. The van der Waals surface area contributed by atoms with Crippen molar-refractivity contribution in [3.8, 4) is 33.4 Å². The molecule has 1 nitrogen and oxygen atoms in total. The van der Waals surface area contributed by atoms with Crippen LogP contribution < -0.4 is 4.90 Å². The second-order valence-corrected chi connectivity index (χ2v) is 17.0. The van der Waals surface area contributed by atoms with Crippen molar-refractivity contribution in [3.63, 3.8) is 0 Å². The van der Waals surface area contributed by atoms with E-state index in [1.807, 2.05) is 11.3 Å². The lowest BCUT2D eigenvalue weighted by Gasteiger charge is -2.35. The molecule has 0 spiro atoms. The van der Waals surface area contributed by atoms with Crippen LogP contribution in [0.5, 0.6) is 0 Å². The van der Waals surface area contributed by atoms with E-state index in [-0.39, 0.29) is 0 Å². The van der Waals surface area contributed by atoms with Crippen molar-refractivity contribution in [2.45, 2.75) is 5.41 Å². The number of thiophene rings is 1. The molecule has 1 aromatic heterocycles. The molecule has 11 aromatic rings. The van der Waals surface area contributed by atoms with Crippen LogP contribution >= 0.6 is 11.3 Å². The maximum atomic E-state index is 2.46. The highest BCUT2D eigenvalue weighted by Crippen LogP contribution is 2.57. The zero-order valence-electron chi connectivity index (χ0n) is 33.4. The predicted molar refractivity (Wildman–Crippen MR) is 260 cm³/mol. The SMILES string of the molecule is c1ccc(C2(c3ccccc3)c3ccccc3-c3ccc(N(c4ccc(-c5ccc(-c6cccc7c6sc6ccccc67)cc5)cc4)c4cccc5ccccc45)cc32)cc1. The molecule has 0 saturated heterocycles. The molecule has 286 valence electrons. The van der Waals surface area contributed by atoms with E-state index in [4.69, 9.17) is 0 Å². The second-order valence-electron chi connectivity index (χ2n) is 16.0. The highest BCUT2D eigenvalue weighted by atomic mass is 32.1. The molecule has 0 atom stereocenters. The fourth-order valence-corrected chi connectivity index (χ4v) is 11.3. The number of hydrogen-bond acceptors (Lipinski definition) is 2. The standard InChI is InChI=1S/C59H39NS/c1-3-17-44(18-4-1)59(45-19-5-2-6-20-45)54-26-11-9-22-50(54)51-38-37-47(39-55(51)59)60(56-27-13-16-42-15-7-8-21-48(42)56)46-35-33-41(34-36-46)40-29-31-43(32-30-40)49-24-14-25-53-52-23-10-12-28-57(52)61-58(49)53/h1-39H.